The van der Waals surface area contributed by atoms with Gasteiger partial charge in [-0.25, -0.2) is 0 Å². The summed E-state index contributed by atoms with van der Waals surface area (Å²) in [5.41, 5.74) is 1.09. The van der Waals surface area contributed by atoms with E-state index in [1.54, 1.807) is 0 Å². The van der Waals surface area contributed by atoms with E-state index in [0.717, 1.165) is 10.0 Å². The Hall–Kier alpha value is -0.830. The van der Waals surface area contributed by atoms with Crippen LogP contribution in [0.2, 0.25) is 0 Å². The van der Waals surface area contributed by atoms with Crippen molar-refractivity contribution in [3.8, 4) is 0 Å². The zero-order valence-corrected chi connectivity index (χ0v) is 10.5. The van der Waals surface area contributed by atoms with Crippen molar-refractivity contribution in [2.45, 2.75) is 26.2 Å². The molecule has 0 bridgehead atoms. The predicted molar refractivity (Wildman–Crippen MR) is 64.0 cm³/mol. The SMILES string of the molecule is CC(C)[C@@H](CC(=O)O)c1ccc(Br)cc1. The molecule has 0 radical (unpaired) electrons. The van der Waals surface area contributed by atoms with Crippen LogP contribution in [0.1, 0.15) is 31.7 Å². The first-order valence-corrected chi connectivity index (χ1v) is 5.77. The third-order valence-electron chi connectivity index (χ3n) is 2.50. The summed E-state index contributed by atoms with van der Waals surface area (Å²) in [6, 6.07) is 7.87. The highest BCUT2D eigenvalue weighted by Gasteiger charge is 2.18. The molecule has 0 saturated carbocycles. The molecule has 0 spiro atoms. The number of benzene rings is 1. The summed E-state index contributed by atoms with van der Waals surface area (Å²) in [6.45, 7) is 4.10. The normalized spacial score (nSPS) is 12.8. The lowest BCUT2D eigenvalue weighted by atomic mass is 9.86. The van der Waals surface area contributed by atoms with Crippen LogP contribution in [-0.4, -0.2) is 11.1 Å². The molecular weight excluding hydrogens is 256 g/mol. The number of hydrogen-bond acceptors (Lipinski definition) is 1. The van der Waals surface area contributed by atoms with Crippen molar-refractivity contribution in [1.29, 1.82) is 0 Å². The second kappa shape index (κ2) is 5.31. The summed E-state index contributed by atoms with van der Waals surface area (Å²) in [4.78, 5) is 10.7. The Morgan fingerprint density at radius 1 is 1.33 bits per heavy atom. The van der Waals surface area contributed by atoms with Gasteiger partial charge >= 0.3 is 5.97 Å². The Morgan fingerprint density at radius 3 is 2.27 bits per heavy atom. The molecular formula is C12H15BrO2. The number of rotatable bonds is 4. The fourth-order valence-corrected chi connectivity index (χ4v) is 1.90. The molecule has 15 heavy (non-hydrogen) atoms. The largest absolute Gasteiger partial charge is 0.481 e. The average molecular weight is 271 g/mol. The van der Waals surface area contributed by atoms with Gasteiger partial charge in [-0.1, -0.05) is 41.9 Å². The van der Waals surface area contributed by atoms with Gasteiger partial charge in [-0.3, -0.25) is 4.79 Å². The summed E-state index contributed by atoms with van der Waals surface area (Å²) in [5.74, 6) is -0.311. The van der Waals surface area contributed by atoms with Crippen molar-refractivity contribution in [2.75, 3.05) is 0 Å². The number of carboxylic acid groups (broad SMARTS) is 1. The maximum absolute atomic E-state index is 10.7. The molecule has 2 nitrogen and oxygen atoms in total. The van der Waals surface area contributed by atoms with Crippen LogP contribution >= 0.6 is 15.9 Å². The van der Waals surface area contributed by atoms with E-state index in [2.05, 4.69) is 29.8 Å². The number of carbonyl (C=O) groups is 1. The molecule has 1 aromatic carbocycles. The molecule has 1 rings (SSSR count). The molecule has 0 aliphatic rings. The lowest BCUT2D eigenvalue weighted by molar-refractivity contribution is -0.137. The van der Waals surface area contributed by atoms with Crippen molar-refractivity contribution in [3.63, 3.8) is 0 Å². The van der Waals surface area contributed by atoms with Crippen molar-refractivity contribution < 1.29 is 9.90 Å². The first-order chi connectivity index (χ1) is 7.00. The molecule has 0 unspecified atom stereocenters. The van der Waals surface area contributed by atoms with E-state index in [4.69, 9.17) is 5.11 Å². The maximum atomic E-state index is 10.7. The van der Waals surface area contributed by atoms with E-state index >= 15 is 0 Å². The molecule has 0 aromatic heterocycles. The molecule has 0 saturated heterocycles. The Morgan fingerprint density at radius 2 is 1.87 bits per heavy atom. The number of aliphatic carboxylic acids is 1. The van der Waals surface area contributed by atoms with Crippen molar-refractivity contribution in [1.82, 2.24) is 0 Å². The molecule has 0 aliphatic heterocycles. The molecule has 1 aromatic rings. The molecule has 0 amide bonds. The van der Waals surface area contributed by atoms with E-state index in [0.29, 0.717) is 5.92 Å². The molecule has 1 atom stereocenters. The van der Waals surface area contributed by atoms with Gasteiger partial charge in [0.25, 0.3) is 0 Å². The summed E-state index contributed by atoms with van der Waals surface area (Å²) < 4.78 is 1.02. The monoisotopic (exact) mass is 270 g/mol. The first kappa shape index (κ1) is 12.2. The van der Waals surface area contributed by atoms with E-state index in [-0.39, 0.29) is 12.3 Å². The van der Waals surface area contributed by atoms with Crippen LogP contribution in [0.15, 0.2) is 28.7 Å². The van der Waals surface area contributed by atoms with Gasteiger partial charge in [0.15, 0.2) is 0 Å². The standard InChI is InChI=1S/C12H15BrO2/c1-8(2)11(7-12(14)15)9-3-5-10(13)6-4-9/h3-6,8,11H,7H2,1-2H3,(H,14,15)/t11-/m1/s1. The number of hydrogen-bond donors (Lipinski definition) is 1. The van der Waals surface area contributed by atoms with E-state index in [1.165, 1.54) is 0 Å². The zero-order chi connectivity index (χ0) is 11.4. The van der Waals surface area contributed by atoms with Crippen LogP contribution in [0, 0.1) is 5.92 Å². The first-order valence-electron chi connectivity index (χ1n) is 4.98. The number of halogens is 1. The van der Waals surface area contributed by atoms with Crippen LogP contribution in [0.25, 0.3) is 0 Å². The van der Waals surface area contributed by atoms with Gasteiger partial charge in [0.1, 0.15) is 0 Å². The van der Waals surface area contributed by atoms with Crippen LogP contribution in [0.3, 0.4) is 0 Å². The third kappa shape index (κ3) is 3.67. The Balaban J connectivity index is 2.88. The minimum atomic E-state index is -0.739. The van der Waals surface area contributed by atoms with Gasteiger partial charge in [-0.05, 0) is 29.5 Å². The fourth-order valence-electron chi connectivity index (χ4n) is 1.64. The van der Waals surface area contributed by atoms with Crippen LogP contribution in [0.5, 0.6) is 0 Å². The molecule has 82 valence electrons. The quantitative estimate of drug-likeness (QED) is 0.907. The maximum Gasteiger partial charge on any atom is 0.303 e. The Bertz CT molecular complexity index is 330. The fraction of sp³-hybridized carbons (Fsp3) is 0.417. The van der Waals surface area contributed by atoms with Crippen LogP contribution in [0.4, 0.5) is 0 Å². The van der Waals surface area contributed by atoms with Gasteiger partial charge < -0.3 is 5.11 Å². The molecule has 3 heteroatoms. The highest BCUT2D eigenvalue weighted by Crippen LogP contribution is 2.28. The van der Waals surface area contributed by atoms with Crippen LogP contribution in [-0.2, 0) is 4.79 Å². The molecule has 1 N–H and O–H groups in total. The average Bonchev–Trinajstić information content (AvgIpc) is 2.15. The molecule has 0 aliphatic carbocycles. The molecule has 0 heterocycles. The number of carboxylic acids is 1. The Labute approximate surface area is 98.4 Å². The highest BCUT2D eigenvalue weighted by atomic mass is 79.9. The topological polar surface area (TPSA) is 37.3 Å². The van der Waals surface area contributed by atoms with E-state index in [1.807, 2.05) is 24.3 Å². The van der Waals surface area contributed by atoms with Gasteiger partial charge in [-0.15, -0.1) is 0 Å². The summed E-state index contributed by atoms with van der Waals surface area (Å²) in [6.07, 6.45) is 0.194. The minimum Gasteiger partial charge on any atom is -0.481 e. The Kier molecular flexibility index (Phi) is 4.33. The van der Waals surface area contributed by atoms with Gasteiger partial charge in [0, 0.05) is 4.47 Å². The zero-order valence-electron chi connectivity index (χ0n) is 8.90. The minimum absolute atomic E-state index is 0.0931. The second-order valence-corrected chi connectivity index (χ2v) is 4.92. The van der Waals surface area contributed by atoms with Crippen molar-refractivity contribution >= 4 is 21.9 Å². The lowest BCUT2D eigenvalue weighted by Crippen LogP contribution is -2.12. The summed E-state index contributed by atoms with van der Waals surface area (Å²) >= 11 is 3.37. The smallest absolute Gasteiger partial charge is 0.303 e. The van der Waals surface area contributed by atoms with E-state index in [9.17, 15) is 4.79 Å². The second-order valence-electron chi connectivity index (χ2n) is 4.00. The third-order valence-corrected chi connectivity index (χ3v) is 3.03. The molecule has 0 fully saturated rings. The summed E-state index contributed by atoms with van der Waals surface area (Å²) in [7, 11) is 0. The van der Waals surface area contributed by atoms with Gasteiger partial charge in [-0.2, -0.15) is 0 Å². The summed E-state index contributed by atoms with van der Waals surface area (Å²) in [5, 5.41) is 8.84. The van der Waals surface area contributed by atoms with Crippen molar-refractivity contribution in [2.24, 2.45) is 5.92 Å². The van der Waals surface area contributed by atoms with E-state index < -0.39 is 5.97 Å². The van der Waals surface area contributed by atoms with Crippen molar-refractivity contribution in [3.05, 3.63) is 34.3 Å². The van der Waals surface area contributed by atoms with Gasteiger partial charge in [0.2, 0.25) is 0 Å². The lowest BCUT2D eigenvalue weighted by Gasteiger charge is -2.19. The van der Waals surface area contributed by atoms with Gasteiger partial charge in [0.05, 0.1) is 6.42 Å². The predicted octanol–water partition coefficient (Wildman–Crippen LogP) is 3.66. The highest BCUT2D eigenvalue weighted by molar-refractivity contribution is 9.10. The van der Waals surface area contributed by atoms with Crippen LogP contribution < -0.4 is 0 Å².